The fourth-order valence-corrected chi connectivity index (χ4v) is 5.11. The molecule has 6 nitrogen and oxygen atoms in total. The van der Waals surface area contributed by atoms with Gasteiger partial charge in [0.2, 0.25) is 10.0 Å². The fourth-order valence-electron chi connectivity index (χ4n) is 2.62. The molecule has 1 aliphatic heterocycles. The lowest BCUT2D eigenvalue weighted by Gasteiger charge is -2.25. The van der Waals surface area contributed by atoms with Gasteiger partial charge in [-0.15, -0.1) is 24.0 Å². The third-order valence-corrected chi connectivity index (χ3v) is 6.83. The molecule has 1 aromatic carbocycles. The van der Waals surface area contributed by atoms with Crippen LogP contribution in [0.2, 0.25) is 0 Å². The smallest absolute Gasteiger partial charge is 0.215 e. The lowest BCUT2D eigenvalue weighted by Crippen LogP contribution is -2.44. The second kappa shape index (κ2) is 12.8. The molecule has 1 saturated heterocycles. The summed E-state index contributed by atoms with van der Waals surface area (Å²) in [5, 5.41) is 6.32. The van der Waals surface area contributed by atoms with Crippen LogP contribution in [0.4, 0.5) is 0 Å². The van der Waals surface area contributed by atoms with Gasteiger partial charge in [0.15, 0.2) is 5.96 Å². The molecule has 0 saturated carbocycles. The Balaban J connectivity index is 0.00000338. The largest absolute Gasteiger partial charge is 0.356 e. The Bertz CT molecular complexity index is 635. The van der Waals surface area contributed by atoms with Crippen LogP contribution in [0.5, 0.6) is 0 Å². The number of rotatable bonds is 8. The molecular formula is C17H29IN4O2S2. The number of nitrogens with zero attached hydrogens (tertiary/aromatic N) is 2. The zero-order chi connectivity index (χ0) is 18.0. The van der Waals surface area contributed by atoms with E-state index in [2.05, 4.69) is 27.8 Å². The van der Waals surface area contributed by atoms with Gasteiger partial charge in [-0.25, -0.2) is 12.7 Å². The monoisotopic (exact) mass is 512 g/mol. The molecule has 2 rings (SSSR count). The summed E-state index contributed by atoms with van der Waals surface area (Å²) in [4.78, 5) is 4.15. The van der Waals surface area contributed by atoms with E-state index in [1.54, 1.807) is 23.1 Å². The molecular weight excluding hydrogens is 483 g/mol. The maximum absolute atomic E-state index is 12.3. The Morgan fingerprint density at radius 1 is 1.15 bits per heavy atom. The van der Waals surface area contributed by atoms with Crippen LogP contribution in [0.3, 0.4) is 0 Å². The molecule has 1 heterocycles. The van der Waals surface area contributed by atoms with Gasteiger partial charge in [0.1, 0.15) is 0 Å². The summed E-state index contributed by atoms with van der Waals surface area (Å²) in [6.45, 7) is 2.41. The normalized spacial score (nSPS) is 16.0. The van der Waals surface area contributed by atoms with Crippen LogP contribution in [-0.2, 0) is 16.4 Å². The lowest BCUT2D eigenvalue weighted by atomic mass is 10.1. The minimum Gasteiger partial charge on any atom is -0.356 e. The van der Waals surface area contributed by atoms with Gasteiger partial charge in [0.25, 0.3) is 0 Å². The first-order chi connectivity index (χ1) is 12.1. The van der Waals surface area contributed by atoms with E-state index in [1.807, 2.05) is 18.2 Å². The Labute approximate surface area is 178 Å². The number of aryl methyl sites for hydroxylation is 1. The van der Waals surface area contributed by atoms with Crippen LogP contribution < -0.4 is 10.6 Å². The van der Waals surface area contributed by atoms with Gasteiger partial charge in [-0.1, -0.05) is 30.3 Å². The van der Waals surface area contributed by atoms with Gasteiger partial charge in [0.05, 0.1) is 5.75 Å². The number of sulfonamides is 1. The molecule has 9 heteroatoms. The highest BCUT2D eigenvalue weighted by molar-refractivity contribution is 14.0. The SMILES string of the molecule is CN=C(NCCCc1ccccc1)NCCS(=O)(=O)N1CCSCC1.I. The summed E-state index contributed by atoms with van der Waals surface area (Å²) in [6, 6.07) is 10.4. The number of aliphatic imine (C=N–C) groups is 1. The van der Waals surface area contributed by atoms with E-state index in [4.69, 9.17) is 0 Å². The average molecular weight is 512 g/mol. The van der Waals surface area contributed by atoms with Crippen LogP contribution in [0, 0.1) is 0 Å². The molecule has 1 aliphatic rings. The van der Waals surface area contributed by atoms with Gasteiger partial charge in [0, 0.05) is 44.7 Å². The van der Waals surface area contributed by atoms with Crippen molar-refractivity contribution in [1.82, 2.24) is 14.9 Å². The van der Waals surface area contributed by atoms with Crippen molar-refractivity contribution >= 4 is 51.7 Å². The molecule has 1 aromatic rings. The van der Waals surface area contributed by atoms with E-state index in [0.29, 0.717) is 25.6 Å². The number of hydrogen-bond donors (Lipinski definition) is 2. The molecule has 1 fully saturated rings. The van der Waals surface area contributed by atoms with E-state index >= 15 is 0 Å². The minimum atomic E-state index is -3.17. The summed E-state index contributed by atoms with van der Waals surface area (Å²) in [7, 11) is -1.48. The van der Waals surface area contributed by atoms with Gasteiger partial charge in [-0.05, 0) is 18.4 Å². The molecule has 148 valence electrons. The zero-order valence-electron chi connectivity index (χ0n) is 15.2. The summed E-state index contributed by atoms with van der Waals surface area (Å²) < 4.78 is 26.2. The van der Waals surface area contributed by atoms with E-state index in [-0.39, 0.29) is 29.7 Å². The molecule has 0 radical (unpaired) electrons. The fraction of sp³-hybridized carbons (Fsp3) is 0.588. The van der Waals surface area contributed by atoms with Crippen LogP contribution in [0.15, 0.2) is 35.3 Å². The minimum absolute atomic E-state index is 0. The van der Waals surface area contributed by atoms with Crippen molar-refractivity contribution in [1.29, 1.82) is 0 Å². The predicted molar refractivity (Wildman–Crippen MR) is 122 cm³/mol. The van der Waals surface area contributed by atoms with E-state index < -0.39 is 10.0 Å². The Morgan fingerprint density at radius 2 is 1.81 bits per heavy atom. The van der Waals surface area contributed by atoms with Gasteiger partial charge >= 0.3 is 0 Å². The zero-order valence-corrected chi connectivity index (χ0v) is 19.1. The second-order valence-electron chi connectivity index (χ2n) is 5.84. The number of hydrogen-bond acceptors (Lipinski definition) is 4. The maximum atomic E-state index is 12.3. The number of nitrogens with one attached hydrogen (secondary N) is 2. The summed E-state index contributed by atoms with van der Waals surface area (Å²) in [5.41, 5.74) is 1.32. The molecule has 0 atom stereocenters. The average Bonchev–Trinajstić information content (AvgIpc) is 2.65. The molecule has 26 heavy (non-hydrogen) atoms. The van der Waals surface area contributed by atoms with E-state index in [1.165, 1.54) is 5.56 Å². The molecule has 0 spiro atoms. The summed E-state index contributed by atoms with van der Waals surface area (Å²) in [5.74, 6) is 2.52. The van der Waals surface area contributed by atoms with Crippen molar-refractivity contribution in [3.63, 3.8) is 0 Å². The van der Waals surface area contributed by atoms with Crippen molar-refractivity contribution in [3.05, 3.63) is 35.9 Å². The molecule has 0 amide bonds. The number of thioether (sulfide) groups is 1. The highest BCUT2D eigenvalue weighted by Crippen LogP contribution is 2.12. The third-order valence-electron chi connectivity index (χ3n) is 4.02. The van der Waals surface area contributed by atoms with Crippen LogP contribution in [-0.4, -0.2) is 69.2 Å². The first-order valence-corrected chi connectivity index (χ1v) is 11.4. The first kappa shape index (κ1) is 23.5. The molecule has 2 N–H and O–H groups in total. The van der Waals surface area contributed by atoms with E-state index in [9.17, 15) is 8.42 Å². The Hall–Kier alpha value is -0.520. The van der Waals surface area contributed by atoms with Gasteiger partial charge in [-0.3, -0.25) is 4.99 Å². The highest BCUT2D eigenvalue weighted by Gasteiger charge is 2.23. The molecule has 0 aromatic heterocycles. The standard InChI is InChI=1S/C17H28N4O2S2.HI/c1-18-17(19-9-5-8-16-6-3-2-4-7-16)20-10-15-25(22,23)21-11-13-24-14-12-21;/h2-4,6-7H,5,8-15H2,1H3,(H2,18,19,20);1H. The summed E-state index contributed by atoms with van der Waals surface area (Å²) in [6.07, 6.45) is 2.00. The number of benzene rings is 1. The van der Waals surface area contributed by atoms with Crippen molar-refractivity contribution in [2.75, 3.05) is 50.5 Å². The van der Waals surface area contributed by atoms with Crippen molar-refractivity contribution < 1.29 is 8.42 Å². The second-order valence-corrected chi connectivity index (χ2v) is 9.16. The number of halogens is 1. The Morgan fingerprint density at radius 3 is 2.46 bits per heavy atom. The predicted octanol–water partition coefficient (Wildman–Crippen LogP) is 1.78. The quantitative estimate of drug-likeness (QED) is 0.241. The highest BCUT2D eigenvalue weighted by atomic mass is 127. The van der Waals surface area contributed by atoms with Crippen LogP contribution >= 0.6 is 35.7 Å². The van der Waals surface area contributed by atoms with Crippen LogP contribution in [0.25, 0.3) is 0 Å². The molecule has 0 bridgehead atoms. The third kappa shape index (κ3) is 8.45. The molecule has 0 unspecified atom stereocenters. The van der Waals surface area contributed by atoms with Crippen molar-refractivity contribution in [2.24, 2.45) is 4.99 Å². The first-order valence-electron chi connectivity index (χ1n) is 8.66. The topological polar surface area (TPSA) is 73.8 Å². The van der Waals surface area contributed by atoms with Crippen LogP contribution in [0.1, 0.15) is 12.0 Å². The Kier molecular flexibility index (Phi) is 11.6. The number of guanidine groups is 1. The van der Waals surface area contributed by atoms with Crippen molar-refractivity contribution in [2.45, 2.75) is 12.8 Å². The summed E-state index contributed by atoms with van der Waals surface area (Å²) >= 11 is 1.81. The van der Waals surface area contributed by atoms with Gasteiger partial charge in [-0.2, -0.15) is 11.8 Å². The van der Waals surface area contributed by atoms with Crippen molar-refractivity contribution in [3.8, 4) is 0 Å². The molecule has 0 aliphatic carbocycles. The van der Waals surface area contributed by atoms with Gasteiger partial charge < -0.3 is 10.6 Å². The van der Waals surface area contributed by atoms with E-state index in [0.717, 1.165) is 30.9 Å². The lowest BCUT2D eigenvalue weighted by molar-refractivity contribution is 0.443. The maximum Gasteiger partial charge on any atom is 0.215 e.